The Bertz CT molecular complexity index is 439. The van der Waals surface area contributed by atoms with E-state index in [0.29, 0.717) is 11.5 Å². The van der Waals surface area contributed by atoms with Crippen molar-refractivity contribution in [1.29, 1.82) is 0 Å². The lowest BCUT2D eigenvalue weighted by Gasteiger charge is -2.30. The van der Waals surface area contributed by atoms with Crippen molar-refractivity contribution in [3.05, 3.63) is 29.6 Å². The Balaban J connectivity index is 2.11. The topological polar surface area (TPSA) is 29.5 Å². The van der Waals surface area contributed by atoms with Crippen LogP contribution in [0.4, 0.5) is 4.39 Å². The van der Waals surface area contributed by atoms with Gasteiger partial charge in [0.15, 0.2) is 11.6 Å². The van der Waals surface area contributed by atoms with E-state index >= 15 is 0 Å². The molecule has 0 radical (unpaired) electrons. The monoisotopic (exact) mass is 251 g/mol. The molecule has 0 spiro atoms. The maximum atomic E-state index is 13.5. The van der Waals surface area contributed by atoms with Crippen LogP contribution in [0, 0.1) is 11.7 Å². The first-order chi connectivity index (χ1) is 8.61. The van der Waals surface area contributed by atoms with Crippen molar-refractivity contribution in [2.75, 3.05) is 20.2 Å². The summed E-state index contributed by atoms with van der Waals surface area (Å²) in [5.41, 5.74) is 0.392. The van der Waals surface area contributed by atoms with Gasteiger partial charge in [-0.25, -0.2) is 4.39 Å². The van der Waals surface area contributed by atoms with Crippen LogP contribution >= 0.6 is 0 Å². The normalized spacial score (nSPS) is 16.7. The number of halogens is 1. The fourth-order valence-electron chi connectivity index (χ4n) is 2.19. The Morgan fingerprint density at radius 1 is 1.39 bits per heavy atom. The van der Waals surface area contributed by atoms with Crippen LogP contribution in [0.5, 0.6) is 5.75 Å². The minimum Gasteiger partial charge on any atom is -0.494 e. The largest absolute Gasteiger partial charge is 0.494 e. The molecule has 1 amide bonds. The molecule has 0 saturated carbocycles. The fourth-order valence-corrected chi connectivity index (χ4v) is 2.19. The standard InChI is InChI=1S/C14H18FNO2/c1-10-5-7-16(8-6-10)14(17)11-3-4-13(18-2)12(15)9-11/h3-4,9-10H,5-8H2,1-2H3. The lowest BCUT2D eigenvalue weighted by Crippen LogP contribution is -2.37. The number of methoxy groups -OCH3 is 1. The number of benzene rings is 1. The van der Waals surface area contributed by atoms with Crippen molar-refractivity contribution in [3.8, 4) is 5.75 Å². The molecule has 0 aliphatic carbocycles. The first-order valence-corrected chi connectivity index (χ1v) is 6.24. The summed E-state index contributed by atoms with van der Waals surface area (Å²) in [6, 6.07) is 4.36. The van der Waals surface area contributed by atoms with Gasteiger partial charge in [0.05, 0.1) is 7.11 Å². The van der Waals surface area contributed by atoms with Crippen LogP contribution in [0.25, 0.3) is 0 Å². The maximum Gasteiger partial charge on any atom is 0.253 e. The number of ether oxygens (including phenoxy) is 1. The molecule has 1 aliphatic rings. The highest BCUT2D eigenvalue weighted by Crippen LogP contribution is 2.21. The second kappa shape index (κ2) is 5.38. The summed E-state index contributed by atoms with van der Waals surface area (Å²) < 4.78 is 18.4. The van der Waals surface area contributed by atoms with E-state index in [-0.39, 0.29) is 11.7 Å². The van der Waals surface area contributed by atoms with E-state index in [4.69, 9.17) is 4.74 Å². The molecule has 2 rings (SSSR count). The molecule has 3 nitrogen and oxygen atoms in total. The van der Waals surface area contributed by atoms with E-state index in [2.05, 4.69) is 6.92 Å². The lowest BCUT2D eigenvalue weighted by molar-refractivity contribution is 0.0696. The molecule has 1 saturated heterocycles. The number of rotatable bonds is 2. The number of piperidine rings is 1. The van der Waals surface area contributed by atoms with Crippen LogP contribution in [0.2, 0.25) is 0 Å². The van der Waals surface area contributed by atoms with Crippen molar-refractivity contribution in [1.82, 2.24) is 4.90 Å². The van der Waals surface area contributed by atoms with Gasteiger partial charge in [0.2, 0.25) is 0 Å². The summed E-state index contributed by atoms with van der Waals surface area (Å²) in [5, 5.41) is 0. The molecule has 4 heteroatoms. The van der Waals surface area contributed by atoms with E-state index < -0.39 is 5.82 Å². The Hall–Kier alpha value is -1.58. The number of carbonyl (C=O) groups is 1. The molecule has 0 N–H and O–H groups in total. The highest BCUT2D eigenvalue weighted by molar-refractivity contribution is 5.94. The van der Waals surface area contributed by atoms with Crippen LogP contribution in [0.3, 0.4) is 0 Å². The molecular weight excluding hydrogens is 233 g/mol. The molecule has 0 unspecified atom stereocenters. The zero-order chi connectivity index (χ0) is 13.1. The molecule has 1 heterocycles. The second-order valence-corrected chi connectivity index (χ2v) is 4.82. The molecule has 0 atom stereocenters. The smallest absolute Gasteiger partial charge is 0.253 e. The molecule has 1 aromatic rings. The summed E-state index contributed by atoms with van der Waals surface area (Å²) in [6.07, 6.45) is 2.04. The van der Waals surface area contributed by atoms with Crippen LogP contribution < -0.4 is 4.74 Å². The minimum absolute atomic E-state index is 0.0940. The third-order valence-electron chi connectivity index (χ3n) is 3.47. The third kappa shape index (κ3) is 2.63. The Kier molecular flexibility index (Phi) is 3.84. The van der Waals surface area contributed by atoms with E-state index in [1.165, 1.54) is 19.2 Å². The van der Waals surface area contributed by atoms with Gasteiger partial charge in [-0.05, 0) is 37.0 Å². The minimum atomic E-state index is -0.492. The summed E-state index contributed by atoms with van der Waals surface area (Å²) in [4.78, 5) is 14.0. The predicted octanol–water partition coefficient (Wildman–Crippen LogP) is 2.71. The number of hydrogen-bond acceptors (Lipinski definition) is 2. The van der Waals surface area contributed by atoms with E-state index in [0.717, 1.165) is 25.9 Å². The van der Waals surface area contributed by atoms with Crippen molar-refractivity contribution in [3.63, 3.8) is 0 Å². The zero-order valence-electron chi connectivity index (χ0n) is 10.8. The Labute approximate surface area is 107 Å². The van der Waals surface area contributed by atoms with Gasteiger partial charge in [0.25, 0.3) is 5.91 Å². The van der Waals surface area contributed by atoms with Crippen LogP contribution in [-0.2, 0) is 0 Å². The van der Waals surface area contributed by atoms with Crippen molar-refractivity contribution < 1.29 is 13.9 Å². The number of amides is 1. The van der Waals surface area contributed by atoms with Crippen molar-refractivity contribution >= 4 is 5.91 Å². The van der Waals surface area contributed by atoms with Gasteiger partial charge in [-0.2, -0.15) is 0 Å². The molecule has 0 bridgehead atoms. The number of likely N-dealkylation sites (tertiary alicyclic amines) is 1. The zero-order valence-corrected chi connectivity index (χ0v) is 10.8. The summed E-state index contributed by atoms with van der Waals surface area (Å²) in [5.74, 6) is 0.248. The van der Waals surface area contributed by atoms with Gasteiger partial charge in [-0.3, -0.25) is 4.79 Å². The van der Waals surface area contributed by atoms with E-state index in [1.807, 2.05) is 0 Å². The quantitative estimate of drug-likeness (QED) is 0.808. The summed E-state index contributed by atoms with van der Waals surface area (Å²) in [6.45, 7) is 3.70. The molecule has 0 aromatic heterocycles. The maximum absolute atomic E-state index is 13.5. The molecule has 1 aliphatic heterocycles. The highest BCUT2D eigenvalue weighted by Gasteiger charge is 2.22. The second-order valence-electron chi connectivity index (χ2n) is 4.82. The van der Waals surface area contributed by atoms with Crippen molar-refractivity contribution in [2.24, 2.45) is 5.92 Å². The van der Waals surface area contributed by atoms with Gasteiger partial charge >= 0.3 is 0 Å². The van der Waals surface area contributed by atoms with E-state index in [9.17, 15) is 9.18 Å². The molecule has 18 heavy (non-hydrogen) atoms. The van der Waals surface area contributed by atoms with E-state index in [1.54, 1.807) is 11.0 Å². The number of carbonyl (C=O) groups excluding carboxylic acids is 1. The lowest BCUT2D eigenvalue weighted by atomic mass is 9.98. The SMILES string of the molecule is COc1ccc(C(=O)N2CCC(C)CC2)cc1F. The van der Waals surface area contributed by atoms with Gasteiger partial charge in [0.1, 0.15) is 0 Å². The molecule has 1 fully saturated rings. The summed E-state index contributed by atoms with van der Waals surface area (Å²) >= 11 is 0. The predicted molar refractivity (Wildman–Crippen MR) is 67.3 cm³/mol. The van der Waals surface area contributed by atoms with Crippen molar-refractivity contribution in [2.45, 2.75) is 19.8 Å². The fraction of sp³-hybridized carbons (Fsp3) is 0.500. The summed E-state index contributed by atoms with van der Waals surface area (Å²) in [7, 11) is 1.41. The average molecular weight is 251 g/mol. The average Bonchev–Trinajstić information content (AvgIpc) is 2.38. The third-order valence-corrected chi connectivity index (χ3v) is 3.47. The number of nitrogens with zero attached hydrogens (tertiary/aromatic N) is 1. The first-order valence-electron chi connectivity index (χ1n) is 6.24. The first kappa shape index (κ1) is 12.9. The molecule has 98 valence electrons. The van der Waals surface area contributed by atoms with Gasteiger partial charge in [-0.15, -0.1) is 0 Å². The number of hydrogen-bond donors (Lipinski definition) is 0. The van der Waals surface area contributed by atoms with Crippen LogP contribution in [0.15, 0.2) is 18.2 Å². The Morgan fingerprint density at radius 3 is 2.61 bits per heavy atom. The van der Waals surface area contributed by atoms with Gasteiger partial charge in [0, 0.05) is 18.7 Å². The Morgan fingerprint density at radius 2 is 2.06 bits per heavy atom. The highest BCUT2D eigenvalue weighted by atomic mass is 19.1. The molecular formula is C14H18FNO2. The van der Waals surface area contributed by atoms with Crippen LogP contribution in [-0.4, -0.2) is 31.0 Å². The van der Waals surface area contributed by atoms with Crippen LogP contribution in [0.1, 0.15) is 30.1 Å². The molecule has 1 aromatic carbocycles. The van der Waals surface area contributed by atoms with Gasteiger partial charge < -0.3 is 9.64 Å². The van der Waals surface area contributed by atoms with Gasteiger partial charge in [-0.1, -0.05) is 6.92 Å².